The van der Waals surface area contributed by atoms with Crippen LogP contribution >= 0.6 is 27.5 Å². The quantitative estimate of drug-likeness (QED) is 0.824. The van der Waals surface area contributed by atoms with Gasteiger partial charge in [0.25, 0.3) is 5.91 Å². The van der Waals surface area contributed by atoms with Crippen molar-refractivity contribution < 1.29 is 4.79 Å². The highest BCUT2D eigenvalue weighted by molar-refractivity contribution is 9.10. The lowest BCUT2D eigenvalue weighted by atomic mass is 10.0. The fourth-order valence-electron chi connectivity index (χ4n) is 1.48. The van der Waals surface area contributed by atoms with Crippen LogP contribution in [0.25, 0.3) is 0 Å². The van der Waals surface area contributed by atoms with Crippen LogP contribution in [0.2, 0.25) is 5.02 Å². The maximum Gasteiger partial charge on any atom is 0.251 e. The van der Waals surface area contributed by atoms with Gasteiger partial charge < -0.3 is 10.6 Å². The molecule has 1 aromatic rings. The third kappa shape index (κ3) is 2.89. The second-order valence-corrected chi connectivity index (χ2v) is 5.20. The molecule has 0 bridgehead atoms. The first-order valence-electron chi connectivity index (χ1n) is 5.23. The summed E-state index contributed by atoms with van der Waals surface area (Å²) >= 11 is 9.20. The Hall–Kier alpha value is -0.840. The normalized spacial score (nSPS) is 14.2. The zero-order valence-electron chi connectivity index (χ0n) is 9.31. The average Bonchev–Trinajstić information content (AvgIpc) is 2.19. The number of halogens is 2. The summed E-state index contributed by atoms with van der Waals surface area (Å²) in [6.45, 7) is 3.46. The maximum atomic E-state index is 11.9. The van der Waals surface area contributed by atoms with Crippen molar-refractivity contribution in [1.29, 1.82) is 0 Å². The minimum Gasteiger partial charge on any atom is -0.321 e. The summed E-state index contributed by atoms with van der Waals surface area (Å²) in [5, 5.41) is 6.60. The molecule has 0 radical (unpaired) electrons. The van der Waals surface area contributed by atoms with Crippen molar-refractivity contribution in [1.82, 2.24) is 5.32 Å². The van der Waals surface area contributed by atoms with Crippen LogP contribution in [0.4, 0.5) is 5.69 Å². The van der Waals surface area contributed by atoms with E-state index in [0.29, 0.717) is 5.02 Å². The van der Waals surface area contributed by atoms with E-state index in [1.165, 1.54) is 0 Å². The molecule has 1 fully saturated rings. The largest absolute Gasteiger partial charge is 0.321 e. The molecule has 1 aliphatic heterocycles. The standard InChI is InChI=1S/C12H12BrClN2O/c1-7(8-5-15-6-8)12(17)16-11-3-2-9(14)4-10(11)13/h2-4,15H,5-6H2,1H3,(H,16,17). The molecule has 1 heterocycles. The number of carbonyl (C=O) groups excluding carboxylic acids is 1. The van der Waals surface area contributed by atoms with Gasteiger partial charge in [-0.1, -0.05) is 11.6 Å². The summed E-state index contributed by atoms with van der Waals surface area (Å²) < 4.78 is 0.780. The van der Waals surface area contributed by atoms with Crippen molar-refractivity contribution in [3.63, 3.8) is 0 Å². The smallest absolute Gasteiger partial charge is 0.251 e. The van der Waals surface area contributed by atoms with E-state index < -0.39 is 0 Å². The average molecular weight is 316 g/mol. The van der Waals surface area contributed by atoms with E-state index in [0.717, 1.165) is 34.4 Å². The van der Waals surface area contributed by atoms with Gasteiger partial charge in [0.1, 0.15) is 0 Å². The molecule has 0 spiro atoms. The molecule has 2 N–H and O–H groups in total. The molecule has 1 amide bonds. The summed E-state index contributed by atoms with van der Waals surface area (Å²) in [7, 11) is 0. The van der Waals surface area contributed by atoms with Crippen LogP contribution in [0.1, 0.15) is 6.92 Å². The lowest BCUT2D eigenvalue weighted by Crippen LogP contribution is -2.36. The summed E-state index contributed by atoms with van der Waals surface area (Å²) in [6, 6.07) is 5.28. The van der Waals surface area contributed by atoms with Crippen LogP contribution in [-0.2, 0) is 4.79 Å². The number of hydrogen-bond donors (Lipinski definition) is 2. The fourth-order valence-corrected chi connectivity index (χ4v) is 2.26. The Morgan fingerprint density at radius 2 is 2.18 bits per heavy atom. The third-order valence-electron chi connectivity index (χ3n) is 2.73. The van der Waals surface area contributed by atoms with Gasteiger partial charge in [0, 0.05) is 28.2 Å². The van der Waals surface area contributed by atoms with Crippen molar-refractivity contribution in [3.8, 4) is 0 Å². The molecule has 0 saturated carbocycles. The van der Waals surface area contributed by atoms with E-state index in [4.69, 9.17) is 11.6 Å². The topological polar surface area (TPSA) is 41.1 Å². The second kappa shape index (κ2) is 5.21. The monoisotopic (exact) mass is 314 g/mol. The molecule has 3 nitrogen and oxygen atoms in total. The molecule has 1 aliphatic rings. The van der Waals surface area contributed by atoms with Gasteiger partial charge in [-0.15, -0.1) is 0 Å². The Kier molecular flexibility index (Phi) is 3.86. The number of carbonyl (C=O) groups is 1. The molecular weight excluding hydrogens is 304 g/mol. The molecule has 17 heavy (non-hydrogen) atoms. The molecular formula is C12H12BrClN2O. The summed E-state index contributed by atoms with van der Waals surface area (Å²) in [5.41, 5.74) is 2.67. The minimum atomic E-state index is -0.0653. The molecule has 0 aliphatic carbocycles. The van der Waals surface area contributed by atoms with E-state index in [1.54, 1.807) is 18.2 Å². The third-order valence-corrected chi connectivity index (χ3v) is 3.62. The van der Waals surface area contributed by atoms with Gasteiger partial charge in [0.2, 0.25) is 0 Å². The Bertz CT molecular complexity index is 493. The maximum absolute atomic E-state index is 11.9. The van der Waals surface area contributed by atoms with Crippen LogP contribution in [0.3, 0.4) is 0 Å². The molecule has 0 aromatic heterocycles. The van der Waals surface area contributed by atoms with E-state index in [9.17, 15) is 4.79 Å². The first kappa shape index (κ1) is 12.6. The lowest BCUT2D eigenvalue weighted by Gasteiger charge is -2.21. The molecule has 2 rings (SSSR count). The van der Waals surface area contributed by atoms with E-state index in [2.05, 4.69) is 26.6 Å². The number of rotatable bonds is 2. The number of anilines is 1. The minimum absolute atomic E-state index is 0.0653. The van der Waals surface area contributed by atoms with Crippen LogP contribution < -0.4 is 10.6 Å². The van der Waals surface area contributed by atoms with Gasteiger partial charge in [0.05, 0.1) is 5.69 Å². The Morgan fingerprint density at radius 3 is 2.71 bits per heavy atom. The molecule has 0 unspecified atom stereocenters. The van der Waals surface area contributed by atoms with Crippen LogP contribution in [-0.4, -0.2) is 19.0 Å². The Morgan fingerprint density at radius 1 is 1.47 bits per heavy atom. The number of nitrogens with one attached hydrogen (secondary N) is 2. The predicted octanol–water partition coefficient (Wildman–Crippen LogP) is 2.96. The van der Waals surface area contributed by atoms with E-state index >= 15 is 0 Å². The molecule has 90 valence electrons. The fraction of sp³-hybridized carbons (Fsp3) is 0.250. The summed E-state index contributed by atoms with van der Waals surface area (Å²) in [4.78, 5) is 11.9. The molecule has 5 heteroatoms. The first-order chi connectivity index (χ1) is 8.08. The predicted molar refractivity (Wildman–Crippen MR) is 73.4 cm³/mol. The van der Waals surface area contributed by atoms with Gasteiger partial charge in [-0.25, -0.2) is 0 Å². The highest BCUT2D eigenvalue weighted by atomic mass is 79.9. The van der Waals surface area contributed by atoms with Gasteiger partial charge in [-0.05, 0) is 46.6 Å². The SMILES string of the molecule is CC(C(=O)Nc1ccc(Cl)cc1Br)=C1CNC1. The van der Waals surface area contributed by atoms with Gasteiger partial charge in [-0.2, -0.15) is 0 Å². The lowest BCUT2D eigenvalue weighted by molar-refractivity contribution is -0.112. The molecule has 1 aromatic carbocycles. The summed E-state index contributed by atoms with van der Waals surface area (Å²) in [6.07, 6.45) is 0. The van der Waals surface area contributed by atoms with Crippen molar-refractivity contribution in [2.24, 2.45) is 0 Å². The second-order valence-electron chi connectivity index (χ2n) is 3.91. The first-order valence-corrected chi connectivity index (χ1v) is 6.41. The van der Waals surface area contributed by atoms with Gasteiger partial charge in [-0.3, -0.25) is 4.79 Å². The van der Waals surface area contributed by atoms with Crippen LogP contribution in [0.15, 0.2) is 33.8 Å². The molecule has 1 saturated heterocycles. The van der Waals surface area contributed by atoms with Crippen molar-refractivity contribution in [3.05, 3.63) is 38.8 Å². The van der Waals surface area contributed by atoms with Gasteiger partial charge >= 0.3 is 0 Å². The zero-order chi connectivity index (χ0) is 12.4. The summed E-state index contributed by atoms with van der Waals surface area (Å²) in [5.74, 6) is -0.0653. The highest BCUT2D eigenvalue weighted by Gasteiger charge is 2.16. The van der Waals surface area contributed by atoms with Crippen molar-refractivity contribution in [2.75, 3.05) is 18.4 Å². The van der Waals surface area contributed by atoms with E-state index in [1.807, 2.05) is 6.92 Å². The highest BCUT2D eigenvalue weighted by Crippen LogP contribution is 2.26. The Labute approximate surface area is 113 Å². The van der Waals surface area contributed by atoms with Crippen LogP contribution in [0.5, 0.6) is 0 Å². The van der Waals surface area contributed by atoms with Crippen molar-refractivity contribution >= 4 is 39.1 Å². The van der Waals surface area contributed by atoms with Crippen molar-refractivity contribution in [2.45, 2.75) is 6.92 Å². The number of benzene rings is 1. The van der Waals surface area contributed by atoms with Gasteiger partial charge in [0.15, 0.2) is 0 Å². The zero-order valence-corrected chi connectivity index (χ0v) is 11.7. The molecule has 0 atom stereocenters. The number of amides is 1. The number of hydrogen-bond acceptors (Lipinski definition) is 2. The van der Waals surface area contributed by atoms with Crippen LogP contribution in [0, 0.1) is 0 Å². The van der Waals surface area contributed by atoms with E-state index in [-0.39, 0.29) is 5.91 Å². The Balaban J connectivity index is 2.13.